The van der Waals surface area contributed by atoms with Crippen molar-refractivity contribution in [2.24, 2.45) is 0 Å². The Morgan fingerprint density at radius 2 is 2.23 bits per heavy atom. The molecule has 122 valence electrons. The summed E-state index contributed by atoms with van der Waals surface area (Å²) < 4.78 is 10.5. The predicted octanol–water partition coefficient (Wildman–Crippen LogP) is 1.22. The maximum Gasteiger partial charge on any atom is 0.273 e. The highest BCUT2D eigenvalue weighted by Crippen LogP contribution is 2.26. The molecule has 1 aromatic rings. The van der Waals surface area contributed by atoms with Gasteiger partial charge in [-0.25, -0.2) is 4.98 Å². The third-order valence-corrected chi connectivity index (χ3v) is 5.35. The van der Waals surface area contributed by atoms with E-state index in [2.05, 4.69) is 16.8 Å². The van der Waals surface area contributed by atoms with Crippen molar-refractivity contribution in [1.82, 2.24) is 14.8 Å². The van der Waals surface area contributed by atoms with Gasteiger partial charge in [0.1, 0.15) is 10.7 Å². The number of hydrogen-bond acceptors (Lipinski definition) is 6. The van der Waals surface area contributed by atoms with Gasteiger partial charge in [0.25, 0.3) is 5.91 Å². The second-order valence-corrected chi connectivity index (χ2v) is 6.75. The highest BCUT2D eigenvalue weighted by molar-refractivity contribution is 7.09. The number of nitrogens with zero attached hydrogens (tertiary/aromatic N) is 3. The SMILES string of the molecule is COCc1nc(C(=O)N2CC[C@@H](N3CCOCC3)[C@H]2C)cs1. The molecule has 2 aliphatic rings. The van der Waals surface area contributed by atoms with Crippen molar-refractivity contribution >= 4 is 17.2 Å². The van der Waals surface area contributed by atoms with Crippen LogP contribution in [0.1, 0.15) is 28.8 Å². The van der Waals surface area contributed by atoms with Crippen molar-refractivity contribution in [3.8, 4) is 0 Å². The second kappa shape index (κ2) is 7.04. The summed E-state index contributed by atoms with van der Waals surface area (Å²) in [5.41, 5.74) is 0.548. The van der Waals surface area contributed by atoms with E-state index in [0.29, 0.717) is 18.3 Å². The fourth-order valence-corrected chi connectivity index (χ4v) is 4.09. The smallest absolute Gasteiger partial charge is 0.273 e. The third-order valence-electron chi connectivity index (χ3n) is 4.53. The average Bonchev–Trinajstić information content (AvgIpc) is 3.15. The Kier molecular flexibility index (Phi) is 5.07. The highest BCUT2D eigenvalue weighted by Gasteiger charge is 2.38. The molecule has 0 aliphatic carbocycles. The normalized spacial score (nSPS) is 26.5. The maximum atomic E-state index is 12.7. The summed E-state index contributed by atoms with van der Waals surface area (Å²) >= 11 is 1.48. The molecule has 0 spiro atoms. The van der Waals surface area contributed by atoms with Crippen molar-refractivity contribution in [3.63, 3.8) is 0 Å². The van der Waals surface area contributed by atoms with Crippen LogP contribution in [0.2, 0.25) is 0 Å². The largest absolute Gasteiger partial charge is 0.379 e. The minimum absolute atomic E-state index is 0.0434. The summed E-state index contributed by atoms with van der Waals surface area (Å²) in [6.07, 6.45) is 1.03. The molecule has 7 heteroatoms. The fourth-order valence-electron chi connectivity index (χ4n) is 3.35. The van der Waals surface area contributed by atoms with Crippen LogP contribution in [-0.2, 0) is 16.1 Å². The number of morpholine rings is 1. The molecule has 2 saturated heterocycles. The van der Waals surface area contributed by atoms with Crippen molar-refractivity contribution in [3.05, 3.63) is 16.1 Å². The quantitative estimate of drug-likeness (QED) is 0.833. The molecule has 0 saturated carbocycles. The number of methoxy groups -OCH3 is 1. The number of ether oxygens (including phenoxy) is 2. The number of likely N-dealkylation sites (tertiary alicyclic amines) is 1. The first kappa shape index (κ1) is 15.9. The summed E-state index contributed by atoms with van der Waals surface area (Å²) in [6.45, 7) is 6.93. The molecule has 2 aliphatic heterocycles. The zero-order chi connectivity index (χ0) is 15.5. The number of aromatic nitrogens is 1. The molecular formula is C15H23N3O3S. The van der Waals surface area contributed by atoms with E-state index in [9.17, 15) is 4.79 Å². The maximum absolute atomic E-state index is 12.7. The first-order chi connectivity index (χ1) is 10.7. The molecule has 0 radical (unpaired) electrons. The van der Waals surface area contributed by atoms with Crippen LogP contribution in [0.4, 0.5) is 0 Å². The van der Waals surface area contributed by atoms with E-state index in [1.165, 1.54) is 11.3 Å². The molecule has 0 bridgehead atoms. The van der Waals surface area contributed by atoms with E-state index in [1.807, 2.05) is 10.3 Å². The monoisotopic (exact) mass is 325 g/mol. The zero-order valence-corrected chi connectivity index (χ0v) is 14.0. The van der Waals surface area contributed by atoms with Gasteiger partial charge in [0.15, 0.2) is 0 Å². The average molecular weight is 325 g/mol. The van der Waals surface area contributed by atoms with E-state index in [0.717, 1.165) is 44.3 Å². The lowest BCUT2D eigenvalue weighted by Gasteiger charge is -2.35. The Labute approximate surface area is 135 Å². The predicted molar refractivity (Wildman–Crippen MR) is 84.1 cm³/mol. The van der Waals surface area contributed by atoms with Crippen molar-refractivity contribution in [2.45, 2.75) is 32.0 Å². The topological polar surface area (TPSA) is 54.9 Å². The van der Waals surface area contributed by atoms with Crippen molar-refractivity contribution in [2.75, 3.05) is 40.0 Å². The van der Waals surface area contributed by atoms with Crippen LogP contribution >= 0.6 is 11.3 Å². The number of carbonyl (C=O) groups excluding carboxylic acids is 1. The Bertz CT molecular complexity index is 516. The highest BCUT2D eigenvalue weighted by atomic mass is 32.1. The van der Waals surface area contributed by atoms with E-state index in [1.54, 1.807) is 7.11 Å². The lowest BCUT2D eigenvalue weighted by atomic mass is 10.1. The molecule has 0 aromatic carbocycles. The molecule has 6 nitrogen and oxygen atoms in total. The Hall–Kier alpha value is -1.02. The Balaban J connectivity index is 1.65. The summed E-state index contributed by atoms with van der Waals surface area (Å²) in [5, 5.41) is 2.69. The number of thiazole rings is 1. The first-order valence-corrected chi connectivity index (χ1v) is 8.64. The van der Waals surface area contributed by atoms with E-state index >= 15 is 0 Å². The first-order valence-electron chi connectivity index (χ1n) is 7.77. The van der Waals surface area contributed by atoms with Crippen LogP contribution in [0.3, 0.4) is 0 Å². The fraction of sp³-hybridized carbons (Fsp3) is 0.733. The molecule has 1 aromatic heterocycles. The van der Waals surface area contributed by atoms with Gasteiger partial charge in [-0.1, -0.05) is 0 Å². The zero-order valence-electron chi connectivity index (χ0n) is 13.2. The molecule has 2 atom stereocenters. The molecule has 0 N–H and O–H groups in total. The summed E-state index contributed by atoms with van der Waals surface area (Å²) in [6, 6.07) is 0.656. The van der Waals surface area contributed by atoms with Gasteiger partial charge < -0.3 is 14.4 Å². The van der Waals surface area contributed by atoms with Gasteiger partial charge in [0, 0.05) is 44.2 Å². The molecule has 22 heavy (non-hydrogen) atoms. The van der Waals surface area contributed by atoms with Crippen LogP contribution in [0.25, 0.3) is 0 Å². The van der Waals surface area contributed by atoms with Crippen LogP contribution in [-0.4, -0.2) is 72.7 Å². The lowest BCUT2D eigenvalue weighted by molar-refractivity contribution is 0.0104. The molecule has 1 amide bonds. The Morgan fingerprint density at radius 3 is 2.95 bits per heavy atom. The van der Waals surface area contributed by atoms with Crippen LogP contribution in [0.5, 0.6) is 0 Å². The van der Waals surface area contributed by atoms with Crippen molar-refractivity contribution in [1.29, 1.82) is 0 Å². The van der Waals surface area contributed by atoms with E-state index in [4.69, 9.17) is 9.47 Å². The van der Waals surface area contributed by atoms with E-state index < -0.39 is 0 Å². The van der Waals surface area contributed by atoms with Gasteiger partial charge in [-0.05, 0) is 13.3 Å². The van der Waals surface area contributed by atoms with Crippen LogP contribution in [0, 0.1) is 0 Å². The molecule has 2 fully saturated rings. The molecule has 0 unspecified atom stereocenters. The Morgan fingerprint density at radius 1 is 1.45 bits per heavy atom. The summed E-state index contributed by atoms with van der Waals surface area (Å²) in [7, 11) is 1.64. The van der Waals surface area contributed by atoms with Crippen LogP contribution in [0.15, 0.2) is 5.38 Å². The van der Waals surface area contributed by atoms with Gasteiger partial charge in [-0.15, -0.1) is 11.3 Å². The van der Waals surface area contributed by atoms with Gasteiger partial charge in [-0.2, -0.15) is 0 Å². The number of amides is 1. The lowest BCUT2D eigenvalue weighted by Crippen LogP contribution is -2.49. The minimum Gasteiger partial charge on any atom is -0.379 e. The molecule has 3 rings (SSSR count). The van der Waals surface area contributed by atoms with E-state index in [-0.39, 0.29) is 11.9 Å². The van der Waals surface area contributed by atoms with Crippen molar-refractivity contribution < 1.29 is 14.3 Å². The standard InChI is InChI=1S/C15H23N3O3S/c1-11-13(17-5-7-21-8-6-17)3-4-18(11)15(19)12-10-22-14(16-12)9-20-2/h10-11,13H,3-9H2,1-2H3/t11-,13-/m1/s1. The molecular weight excluding hydrogens is 302 g/mol. The van der Waals surface area contributed by atoms with Gasteiger partial charge in [-0.3, -0.25) is 9.69 Å². The minimum atomic E-state index is 0.0434. The van der Waals surface area contributed by atoms with Gasteiger partial charge >= 0.3 is 0 Å². The second-order valence-electron chi connectivity index (χ2n) is 5.80. The summed E-state index contributed by atoms with van der Waals surface area (Å²) in [5.74, 6) is 0.0434. The molecule has 3 heterocycles. The number of hydrogen-bond donors (Lipinski definition) is 0. The van der Waals surface area contributed by atoms with Crippen LogP contribution < -0.4 is 0 Å². The van der Waals surface area contributed by atoms with Gasteiger partial charge in [0.05, 0.1) is 19.8 Å². The number of rotatable bonds is 4. The third kappa shape index (κ3) is 3.17. The number of carbonyl (C=O) groups is 1. The van der Waals surface area contributed by atoms with Gasteiger partial charge in [0.2, 0.25) is 0 Å². The summed E-state index contributed by atoms with van der Waals surface area (Å²) in [4.78, 5) is 21.5.